The van der Waals surface area contributed by atoms with Gasteiger partial charge >= 0.3 is 0 Å². The van der Waals surface area contributed by atoms with Gasteiger partial charge in [-0.15, -0.1) is 0 Å². The van der Waals surface area contributed by atoms with Crippen molar-refractivity contribution in [2.45, 2.75) is 89.1 Å². The van der Waals surface area contributed by atoms with Crippen LogP contribution >= 0.6 is 0 Å². The smallest absolute Gasteiger partial charge is 0.243 e. The molecule has 1 aliphatic carbocycles. The third kappa shape index (κ3) is 2.99. The van der Waals surface area contributed by atoms with Crippen LogP contribution in [0.1, 0.15) is 77.6 Å². The molecule has 3 fully saturated rings. The number of nitrogens with zero attached hydrogens (tertiary/aromatic N) is 1. The second-order valence-electron chi connectivity index (χ2n) is 7.47. The highest BCUT2D eigenvalue weighted by atomic mass is 16.2. The van der Waals surface area contributed by atoms with Gasteiger partial charge in [-0.1, -0.05) is 32.6 Å². The van der Waals surface area contributed by atoms with Gasteiger partial charge in [0.2, 0.25) is 5.91 Å². The Morgan fingerprint density at radius 2 is 1.95 bits per heavy atom. The summed E-state index contributed by atoms with van der Waals surface area (Å²) in [5.41, 5.74) is -0.216. The molecule has 3 heteroatoms. The first-order valence-corrected chi connectivity index (χ1v) is 9.33. The number of amides is 1. The van der Waals surface area contributed by atoms with Crippen LogP contribution in [0.5, 0.6) is 0 Å². The van der Waals surface area contributed by atoms with E-state index in [1.807, 2.05) is 0 Å². The van der Waals surface area contributed by atoms with Crippen LogP contribution in [0.3, 0.4) is 0 Å². The lowest BCUT2D eigenvalue weighted by atomic mass is 9.82. The van der Waals surface area contributed by atoms with Gasteiger partial charge in [0.15, 0.2) is 0 Å². The quantitative estimate of drug-likeness (QED) is 0.860. The molecule has 2 unspecified atom stereocenters. The van der Waals surface area contributed by atoms with Crippen molar-refractivity contribution in [2.24, 2.45) is 5.92 Å². The molecule has 120 valence electrons. The summed E-state index contributed by atoms with van der Waals surface area (Å²) >= 11 is 0. The first-order chi connectivity index (χ1) is 10.3. The molecule has 2 atom stereocenters. The van der Waals surface area contributed by atoms with Crippen LogP contribution in [0.15, 0.2) is 0 Å². The van der Waals surface area contributed by atoms with Crippen LogP contribution in [-0.4, -0.2) is 35.5 Å². The highest BCUT2D eigenvalue weighted by Gasteiger charge is 2.46. The number of carbonyl (C=O) groups is 1. The van der Waals surface area contributed by atoms with Crippen molar-refractivity contribution < 1.29 is 4.79 Å². The minimum atomic E-state index is -0.216. The topological polar surface area (TPSA) is 32.3 Å². The molecule has 0 spiro atoms. The number of hydrogen-bond acceptors (Lipinski definition) is 2. The Hall–Kier alpha value is -0.570. The molecule has 3 rings (SSSR count). The molecule has 2 aliphatic heterocycles. The van der Waals surface area contributed by atoms with E-state index in [4.69, 9.17) is 0 Å². The monoisotopic (exact) mass is 292 g/mol. The first kappa shape index (κ1) is 15.3. The lowest BCUT2D eigenvalue weighted by Gasteiger charge is -2.39. The Morgan fingerprint density at radius 1 is 1.14 bits per heavy atom. The van der Waals surface area contributed by atoms with Crippen LogP contribution in [0.25, 0.3) is 0 Å². The third-order valence-corrected chi connectivity index (χ3v) is 6.08. The normalized spacial score (nSPS) is 34.5. The van der Waals surface area contributed by atoms with Gasteiger partial charge in [-0.2, -0.15) is 0 Å². The van der Waals surface area contributed by atoms with Crippen molar-refractivity contribution in [3.05, 3.63) is 0 Å². The molecule has 1 N–H and O–H groups in total. The number of hydrogen-bond donors (Lipinski definition) is 1. The second-order valence-corrected chi connectivity index (χ2v) is 7.47. The molecule has 1 amide bonds. The van der Waals surface area contributed by atoms with Gasteiger partial charge in [-0.25, -0.2) is 0 Å². The molecule has 0 aromatic heterocycles. The number of rotatable bonds is 4. The number of carbonyl (C=O) groups excluding carboxylic acids is 1. The minimum absolute atomic E-state index is 0.216. The Kier molecular flexibility index (Phi) is 4.88. The number of likely N-dealkylation sites (tertiary alicyclic amines) is 1. The molecular weight excluding hydrogens is 260 g/mol. The highest BCUT2D eigenvalue weighted by Crippen LogP contribution is 2.37. The summed E-state index contributed by atoms with van der Waals surface area (Å²) in [4.78, 5) is 15.6. The summed E-state index contributed by atoms with van der Waals surface area (Å²) in [6, 6.07) is 0.550. The second kappa shape index (κ2) is 6.68. The zero-order chi connectivity index (χ0) is 14.7. The zero-order valence-electron chi connectivity index (χ0n) is 13.7. The number of nitrogens with one attached hydrogen (secondary N) is 1. The predicted molar refractivity (Wildman–Crippen MR) is 86.2 cm³/mol. The summed E-state index contributed by atoms with van der Waals surface area (Å²) in [6.45, 7) is 4.23. The van der Waals surface area contributed by atoms with Crippen molar-refractivity contribution in [3.63, 3.8) is 0 Å². The standard InChI is InChI=1S/C18H32N2O/c1-2-11-18(12-7-13-19-18)17(21)20-14-6-10-16(20)15-8-4-3-5-9-15/h15-16,19H,2-14H2,1H3. The fraction of sp³-hybridized carbons (Fsp3) is 0.944. The van der Waals surface area contributed by atoms with E-state index in [1.165, 1.54) is 44.9 Å². The van der Waals surface area contributed by atoms with E-state index < -0.39 is 0 Å². The highest BCUT2D eigenvalue weighted by molar-refractivity contribution is 5.87. The molecule has 2 heterocycles. The maximum atomic E-state index is 13.3. The van der Waals surface area contributed by atoms with Gasteiger partial charge < -0.3 is 10.2 Å². The van der Waals surface area contributed by atoms with Crippen LogP contribution in [0.4, 0.5) is 0 Å². The fourth-order valence-electron chi connectivity index (χ4n) is 5.06. The van der Waals surface area contributed by atoms with Gasteiger partial charge in [0.25, 0.3) is 0 Å². The van der Waals surface area contributed by atoms with Gasteiger partial charge in [0, 0.05) is 12.6 Å². The molecule has 21 heavy (non-hydrogen) atoms. The molecular formula is C18H32N2O. The Morgan fingerprint density at radius 3 is 2.62 bits per heavy atom. The molecule has 2 saturated heterocycles. The fourth-order valence-corrected chi connectivity index (χ4v) is 5.06. The van der Waals surface area contributed by atoms with Gasteiger partial charge in [0.1, 0.15) is 0 Å². The average molecular weight is 292 g/mol. The average Bonchev–Trinajstić information content (AvgIpc) is 3.17. The largest absolute Gasteiger partial charge is 0.338 e. The van der Waals surface area contributed by atoms with Crippen molar-refractivity contribution in [1.29, 1.82) is 0 Å². The summed E-state index contributed by atoms with van der Waals surface area (Å²) in [5, 5.41) is 3.58. The predicted octanol–water partition coefficient (Wildman–Crippen LogP) is 3.48. The van der Waals surface area contributed by atoms with Gasteiger partial charge in [-0.05, 0) is 57.4 Å². The summed E-state index contributed by atoms with van der Waals surface area (Å²) < 4.78 is 0. The van der Waals surface area contributed by atoms with Gasteiger partial charge in [-0.3, -0.25) is 4.79 Å². The van der Waals surface area contributed by atoms with Crippen molar-refractivity contribution in [3.8, 4) is 0 Å². The van der Waals surface area contributed by atoms with Crippen molar-refractivity contribution >= 4 is 5.91 Å². The Balaban J connectivity index is 1.72. The Bertz CT molecular complexity index is 356. The van der Waals surface area contributed by atoms with E-state index in [9.17, 15) is 4.79 Å². The van der Waals surface area contributed by atoms with E-state index in [2.05, 4.69) is 17.1 Å². The van der Waals surface area contributed by atoms with Crippen LogP contribution < -0.4 is 5.32 Å². The summed E-state index contributed by atoms with van der Waals surface area (Å²) in [5.74, 6) is 1.22. The van der Waals surface area contributed by atoms with E-state index in [0.29, 0.717) is 11.9 Å². The third-order valence-electron chi connectivity index (χ3n) is 6.08. The molecule has 1 saturated carbocycles. The maximum Gasteiger partial charge on any atom is 0.243 e. The van der Waals surface area contributed by atoms with E-state index in [-0.39, 0.29) is 5.54 Å². The summed E-state index contributed by atoms with van der Waals surface area (Å²) in [6.07, 6.45) is 13.6. The van der Waals surface area contributed by atoms with Crippen molar-refractivity contribution in [2.75, 3.05) is 13.1 Å². The zero-order valence-corrected chi connectivity index (χ0v) is 13.7. The molecule has 0 bridgehead atoms. The van der Waals surface area contributed by atoms with E-state index in [1.54, 1.807) is 0 Å². The van der Waals surface area contributed by atoms with Crippen LogP contribution in [-0.2, 0) is 4.79 Å². The lowest BCUT2D eigenvalue weighted by Crippen LogP contribution is -2.57. The minimum Gasteiger partial charge on any atom is -0.338 e. The van der Waals surface area contributed by atoms with Crippen molar-refractivity contribution in [1.82, 2.24) is 10.2 Å². The summed E-state index contributed by atoms with van der Waals surface area (Å²) in [7, 11) is 0. The molecule has 3 nitrogen and oxygen atoms in total. The molecule has 0 aromatic rings. The van der Waals surface area contributed by atoms with Crippen LogP contribution in [0.2, 0.25) is 0 Å². The molecule has 0 aromatic carbocycles. The Labute approximate surface area is 129 Å². The molecule has 0 radical (unpaired) electrons. The SMILES string of the molecule is CCCC1(C(=O)N2CCCC2C2CCCCC2)CCCN1. The first-order valence-electron chi connectivity index (χ1n) is 9.33. The van der Waals surface area contributed by atoms with Gasteiger partial charge in [0.05, 0.1) is 5.54 Å². The van der Waals surface area contributed by atoms with E-state index in [0.717, 1.165) is 44.7 Å². The lowest BCUT2D eigenvalue weighted by molar-refractivity contribution is -0.140. The van der Waals surface area contributed by atoms with E-state index >= 15 is 0 Å². The maximum absolute atomic E-state index is 13.3. The molecule has 3 aliphatic rings. The van der Waals surface area contributed by atoms with Crippen LogP contribution in [0, 0.1) is 5.92 Å².